The minimum atomic E-state index is -3.89. The van der Waals surface area contributed by atoms with Crippen LogP contribution in [0.4, 0.5) is 0 Å². The third-order valence-electron chi connectivity index (χ3n) is 2.85. The highest BCUT2D eigenvalue weighted by atomic mass is 31.2. The van der Waals surface area contributed by atoms with Gasteiger partial charge < -0.3 is 31.1 Å². The molecule has 0 bridgehead atoms. The third kappa shape index (κ3) is 8.99. The quantitative estimate of drug-likeness (QED) is 0.342. The summed E-state index contributed by atoms with van der Waals surface area (Å²) in [6.07, 6.45) is 0.433. The average Bonchev–Trinajstić information content (AvgIpc) is 2.27. The molecule has 18 heavy (non-hydrogen) atoms. The zero-order chi connectivity index (χ0) is 13.3. The lowest BCUT2D eigenvalue weighted by molar-refractivity contribution is 0.364. The van der Waals surface area contributed by atoms with Crippen LogP contribution in [0, 0.1) is 0 Å². The van der Waals surface area contributed by atoms with Gasteiger partial charge in [-0.2, -0.15) is 0 Å². The van der Waals surface area contributed by atoms with Crippen molar-refractivity contribution in [3.63, 3.8) is 0 Å². The summed E-state index contributed by atoms with van der Waals surface area (Å²) >= 11 is 0. The van der Waals surface area contributed by atoms with E-state index in [9.17, 15) is 4.57 Å². The minimum absolute atomic E-state index is 0.0575. The first kappa shape index (κ1) is 16.0. The van der Waals surface area contributed by atoms with Crippen LogP contribution < -0.4 is 21.3 Å². The molecule has 1 rings (SSSR count). The van der Waals surface area contributed by atoms with E-state index in [2.05, 4.69) is 21.3 Å². The molecule has 0 radical (unpaired) electrons. The Bertz CT molecular complexity index is 250. The van der Waals surface area contributed by atoms with Gasteiger partial charge in [0.05, 0.1) is 6.16 Å². The zero-order valence-electron chi connectivity index (χ0n) is 10.7. The normalized spacial score (nSPS) is 25.1. The van der Waals surface area contributed by atoms with Crippen LogP contribution in [0.5, 0.6) is 0 Å². The van der Waals surface area contributed by atoms with Crippen molar-refractivity contribution in [2.75, 3.05) is 52.0 Å². The highest BCUT2D eigenvalue weighted by Crippen LogP contribution is 2.35. The summed E-state index contributed by atoms with van der Waals surface area (Å²) in [6, 6.07) is 0.110. The molecule has 0 saturated carbocycles. The van der Waals surface area contributed by atoms with Gasteiger partial charge in [-0.1, -0.05) is 0 Å². The second-order valence-corrected chi connectivity index (χ2v) is 6.31. The first-order valence-corrected chi connectivity index (χ1v) is 8.28. The van der Waals surface area contributed by atoms with Crippen LogP contribution in [0.2, 0.25) is 0 Å². The standard InChI is InChI=1S/C10H25N4O3P/c15-18(16,17)8-1-10-9-13-5-4-11-2-3-12-6-7-14-10/h10-14H,1-9H2,(H2,15,16,17). The number of nitrogens with one attached hydrogen (secondary N) is 4. The van der Waals surface area contributed by atoms with Crippen molar-refractivity contribution in [3.8, 4) is 0 Å². The molecule has 0 aromatic rings. The summed E-state index contributed by atoms with van der Waals surface area (Å²) in [7, 11) is -3.89. The van der Waals surface area contributed by atoms with Gasteiger partial charge in [-0.05, 0) is 6.42 Å². The van der Waals surface area contributed by atoms with E-state index in [1.807, 2.05) is 0 Å². The van der Waals surface area contributed by atoms with E-state index in [4.69, 9.17) is 9.79 Å². The van der Waals surface area contributed by atoms with Gasteiger partial charge in [0.15, 0.2) is 0 Å². The topological polar surface area (TPSA) is 106 Å². The lowest BCUT2D eigenvalue weighted by Crippen LogP contribution is -2.45. The molecule has 1 heterocycles. The van der Waals surface area contributed by atoms with Crippen LogP contribution in [0.25, 0.3) is 0 Å². The average molecular weight is 280 g/mol. The van der Waals surface area contributed by atoms with Gasteiger partial charge in [0, 0.05) is 51.9 Å². The fourth-order valence-corrected chi connectivity index (χ4v) is 2.49. The molecule has 0 amide bonds. The van der Waals surface area contributed by atoms with Gasteiger partial charge in [-0.25, -0.2) is 0 Å². The molecular formula is C10H25N4O3P. The molecule has 0 aromatic heterocycles. The van der Waals surface area contributed by atoms with E-state index in [0.29, 0.717) is 6.42 Å². The van der Waals surface area contributed by atoms with Gasteiger partial charge in [0.1, 0.15) is 0 Å². The van der Waals surface area contributed by atoms with Crippen molar-refractivity contribution in [2.45, 2.75) is 12.5 Å². The molecule has 0 aromatic carbocycles. The van der Waals surface area contributed by atoms with Gasteiger partial charge in [-0.3, -0.25) is 4.57 Å². The third-order valence-corrected chi connectivity index (χ3v) is 3.69. The van der Waals surface area contributed by atoms with Crippen molar-refractivity contribution in [3.05, 3.63) is 0 Å². The van der Waals surface area contributed by atoms with Crippen molar-refractivity contribution in [1.29, 1.82) is 0 Å². The Kier molecular flexibility index (Phi) is 8.01. The molecule has 1 atom stereocenters. The van der Waals surface area contributed by atoms with Crippen LogP contribution >= 0.6 is 7.60 Å². The Hall–Kier alpha value is -0.0100. The second-order valence-electron chi connectivity index (χ2n) is 4.53. The highest BCUT2D eigenvalue weighted by Gasteiger charge is 2.17. The van der Waals surface area contributed by atoms with E-state index >= 15 is 0 Å². The summed E-state index contributed by atoms with van der Waals surface area (Å²) in [5.41, 5.74) is 0. The maximum Gasteiger partial charge on any atom is 0.325 e. The Morgan fingerprint density at radius 2 is 1.50 bits per heavy atom. The molecule has 1 aliphatic rings. The Morgan fingerprint density at radius 1 is 0.944 bits per heavy atom. The van der Waals surface area contributed by atoms with Gasteiger partial charge in [-0.15, -0.1) is 0 Å². The monoisotopic (exact) mass is 280 g/mol. The predicted molar refractivity (Wildman–Crippen MR) is 71.9 cm³/mol. The molecule has 1 saturated heterocycles. The maximum absolute atomic E-state index is 10.9. The first-order chi connectivity index (χ1) is 8.58. The number of hydrogen-bond acceptors (Lipinski definition) is 5. The molecular weight excluding hydrogens is 255 g/mol. The van der Waals surface area contributed by atoms with Gasteiger partial charge in [0.2, 0.25) is 0 Å². The number of hydrogen-bond donors (Lipinski definition) is 6. The fraction of sp³-hybridized carbons (Fsp3) is 1.00. The SMILES string of the molecule is O=P(O)(O)CCC1CNCCNCCNCCN1. The predicted octanol–water partition coefficient (Wildman–Crippen LogP) is -1.71. The molecule has 7 nitrogen and oxygen atoms in total. The van der Waals surface area contributed by atoms with E-state index in [-0.39, 0.29) is 12.2 Å². The van der Waals surface area contributed by atoms with Gasteiger partial charge >= 0.3 is 7.60 Å². The minimum Gasteiger partial charge on any atom is -0.324 e. The van der Waals surface area contributed by atoms with Crippen LogP contribution in [-0.2, 0) is 4.57 Å². The summed E-state index contributed by atoms with van der Waals surface area (Å²) < 4.78 is 10.9. The van der Waals surface area contributed by atoms with Crippen LogP contribution in [-0.4, -0.2) is 67.8 Å². The fourth-order valence-electron chi connectivity index (χ4n) is 1.84. The Labute approximate surface area is 108 Å². The first-order valence-electron chi connectivity index (χ1n) is 6.48. The van der Waals surface area contributed by atoms with E-state index < -0.39 is 7.60 Å². The summed E-state index contributed by atoms with van der Waals surface area (Å²) in [4.78, 5) is 17.8. The summed E-state index contributed by atoms with van der Waals surface area (Å²) in [5, 5.41) is 13.2. The molecule has 6 N–H and O–H groups in total. The lowest BCUT2D eigenvalue weighted by atomic mass is 10.2. The molecule has 108 valence electrons. The second kappa shape index (κ2) is 8.98. The number of rotatable bonds is 3. The molecule has 0 spiro atoms. The zero-order valence-corrected chi connectivity index (χ0v) is 11.6. The Balaban J connectivity index is 2.29. The summed E-state index contributed by atoms with van der Waals surface area (Å²) in [6.45, 7) is 6.10. The van der Waals surface area contributed by atoms with E-state index in [1.165, 1.54) is 0 Å². The van der Waals surface area contributed by atoms with Crippen molar-refractivity contribution >= 4 is 7.60 Å². The molecule has 8 heteroatoms. The smallest absolute Gasteiger partial charge is 0.324 e. The van der Waals surface area contributed by atoms with E-state index in [0.717, 1.165) is 45.8 Å². The highest BCUT2D eigenvalue weighted by molar-refractivity contribution is 7.51. The van der Waals surface area contributed by atoms with Crippen LogP contribution in [0.3, 0.4) is 0 Å². The maximum atomic E-state index is 10.9. The van der Waals surface area contributed by atoms with Crippen LogP contribution in [0.15, 0.2) is 0 Å². The van der Waals surface area contributed by atoms with Crippen molar-refractivity contribution in [1.82, 2.24) is 21.3 Å². The molecule has 1 fully saturated rings. The molecule has 1 unspecified atom stereocenters. The lowest BCUT2D eigenvalue weighted by Gasteiger charge is -2.21. The van der Waals surface area contributed by atoms with Gasteiger partial charge in [0.25, 0.3) is 0 Å². The largest absolute Gasteiger partial charge is 0.325 e. The Morgan fingerprint density at radius 3 is 2.11 bits per heavy atom. The summed E-state index contributed by atoms with van der Waals surface area (Å²) in [5.74, 6) is 0. The molecule has 1 aliphatic heterocycles. The van der Waals surface area contributed by atoms with Crippen molar-refractivity contribution in [2.24, 2.45) is 0 Å². The van der Waals surface area contributed by atoms with Crippen LogP contribution in [0.1, 0.15) is 6.42 Å². The molecule has 0 aliphatic carbocycles. The van der Waals surface area contributed by atoms with Crippen molar-refractivity contribution < 1.29 is 14.4 Å². The van der Waals surface area contributed by atoms with E-state index in [1.54, 1.807) is 0 Å².